The number of hydrogen-bond acceptors (Lipinski definition) is 4. The molecule has 4 aromatic rings. The Morgan fingerprint density at radius 2 is 1.51 bits per heavy atom. The Kier molecular flexibility index (Phi) is 8.87. The number of hydrogen-bond donors (Lipinski definition) is 1. The summed E-state index contributed by atoms with van der Waals surface area (Å²) in [5.41, 5.74) is 1.36. The lowest BCUT2D eigenvalue weighted by Crippen LogP contribution is -2.55. The second kappa shape index (κ2) is 12.5. The van der Waals surface area contributed by atoms with Gasteiger partial charge in [-0.2, -0.15) is 0 Å². The van der Waals surface area contributed by atoms with Crippen molar-refractivity contribution >= 4 is 22.6 Å². The third kappa shape index (κ3) is 7.60. The molecule has 6 heteroatoms. The zero-order valence-corrected chi connectivity index (χ0v) is 23.0. The predicted molar refractivity (Wildman–Crippen MR) is 155 cm³/mol. The molecule has 2 amide bonds. The molecule has 0 aliphatic rings. The molecule has 0 spiro atoms. The van der Waals surface area contributed by atoms with Crippen LogP contribution in [0.2, 0.25) is 0 Å². The van der Waals surface area contributed by atoms with Gasteiger partial charge in [-0.05, 0) is 55.5 Å². The lowest BCUT2D eigenvalue weighted by Gasteiger charge is -2.33. The van der Waals surface area contributed by atoms with E-state index in [9.17, 15) is 9.59 Å². The van der Waals surface area contributed by atoms with Gasteiger partial charge in [-0.25, -0.2) is 0 Å². The van der Waals surface area contributed by atoms with Crippen LogP contribution in [0.5, 0.6) is 11.5 Å². The standard InChI is InChI=1S/C33H36N2O4/c1-33(2,3)34-32(37)29(21-24-12-6-5-7-13-24)35(22-25-14-10-17-27(20-25)38-4)31(36)23-39-30-19-11-16-26-15-8-9-18-28(26)30/h5-20,29H,21-23H2,1-4H3,(H,34,37)/t29-/m1/s1. The van der Waals surface area contributed by atoms with Crippen molar-refractivity contribution in [3.05, 3.63) is 108 Å². The van der Waals surface area contributed by atoms with Gasteiger partial charge in [-0.3, -0.25) is 9.59 Å². The van der Waals surface area contributed by atoms with E-state index in [1.54, 1.807) is 12.0 Å². The Balaban J connectivity index is 1.67. The first-order chi connectivity index (χ1) is 18.7. The van der Waals surface area contributed by atoms with Gasteiger partial charge < -0.3 is 19.7 Å². The van der Waals surface area contributed by atoms with Gasteiger partial charge in [-0.15, -0.1) is 0 Å². The quantitative estimate of drug-likeness (QED) is 0.286. The topological polar surface area (TPSA) is 67.9 Å². The highest BCUT2D eigenvalue weighted by molar-refractivity contribution is 5.90. The highest BCUT2D eigenvalue weighted by Gasteiger charge is 2.32. The maximum Gasteiger partial charge on any atom is 0.261 e. The van der Waals surface area contributed by atoms with Gasteiger partial charge in [0.1, 0.15) is 17.5 Å². The summed E-state index contributed by atoms with van der Waals surface area (Å²) in [4.78, 5) is 29.2. The van der Waals surface area contributed by atoms with E-state index in [0.29, 0.717) is 17.9 Å². The minimum atomic E-state index is -0.749. The van der Waals surface area contributed by atoms with Gasteiger partial charge in [0.2, 0.25) is 5.91 Å². The molecule has 0 unspecified atom stereocenters. The number of ether oxygens (including phenoxy) is 2. The molecule has 0 bridgehead atoms. The first-order valence-corrected chi connectivity index (χ1v) is 13.1. The largest absolute Gasteiger partial charge is 0.497 e. The van der Waals surface area contributed by atoms with Crippen molar-refractivity contribution in [3.63, 3.8) is 0 Å². The number of benzene rings is 4. The van der Waals surface area contributed by atoms with E-state index >= 15 is 0 Å². The molecular formula is C33H36N2O4. The molecule has 4 rings (SSSR count). The Hall–Kier alpha value is -4.32. The maximum atomic E-state index is 13.9. The van der Waals surface area contributed by atoms with Crippen LogP contribution >= 0.6 is 0 Å². The van der Waals surface area contributed by atoms with Crippen molar-refractivity contribution in [3.8, 4) is 11.5 Å². The van der Waals surface area contributed by atoms with Crippen LogP contribution in [0.1, 0.15) is 31.9 Å². The fourth-order valence-corrected chi connectivity index (χ4v) is 4.52. The molecule has 0 aromatic heterocycles. The average molecular weight is 525 g/mol. The normalized spacial score (nSPS) is 12.0. The van der Waals surface area contributed by atoms with E-state index in [1.165, 1.54) is 0 Å². The molecule has 202 valence electrons. The van der Waals surface area contributed by atoms with Gasteiger partial charge >= 0.3 is 0 Å². The number of carbonyl (C=O) groups is 2. The third-order valence-corrected chi connectivity index (χ3v) is 6.36. The molecule has 0 saturated carbocycles. The zero-order valence-electron chi connectivity index (χ0n) is 23.0. The van der Waals surface area contributed by atoms with E-state index in [2.05, 4.69) is 5.32 Å². The molecule has 0 heterocycles. The van der Waals surface area contributed by atoms with E-state index in [4.69, 9.17) is 9.47 Å². The van der Waals surface area contributed by atoms with E-state index in [-0.39, 0.29) is 25.0 Å². The van der Waals surface area contributed by atoms with Crippen molar-refractivity contribution in [2.24, 2.45) is 0 Å². The van der Waals surface area contributed by atoms with Crippen LogP contribution in [0, 0.1) is 0 Å². The molecular weight excluding hydrogens is 488 g/mol. The molecule has 0 fully saturated rings. The first-order valence-electron chi connectivity index (χ1n) is 13.1. The summed E-state index contributed by atoms with van der Waals surface area (Å²) < 4.78 is 11.5. The molecule has 6 nitrogen and oxygen atoms in total. The molecule has 1 atom stereocenters. The van der Waals surface area contributed by atoms with Gasteiger partial charge in [0.25, 0.3) is 5.91 Å². The van der Waals surface area contributed by atoms with Crippen molar-refractivity contribution in [2.75, 3.05) is 13.7 Å². The summed E-state index contributed by atoms with van der Waals surface area (Å²) >= 11 is 0. The number of fused-ring (bicyclic) bond motifs is 1. The predicted octanol–water partition coefficient (Wildman–Crippen LogP) is 5.78. The average Bonchev–Trinajstić information content (AvgIpc) is 2.93. The van der Waals surface area contributed by atoms with Gasteiger partial charge in [0.05, 0.1) is 7.11 Å². The SMILES string of the molecule is COc1cccc(CN(C(=O)COc2cccc3ccccc23)[C@H](Cc2ccccc2)C(=O)NC(C)(C)C)c1. The van der Waals surface area contributed by atoms with Crippen LogP contribution in [0.4, 0.5) is 0 Å². The monoisotopic (exact) mass is 524 g/mol. The van der Waals surface area contributed by atoms with Gasteiger partial charge in [0, 0.05) is 23.9 Å². The minimum Gasteiger partial charge on any atom is -0.497 e. The van der Waals surface area contributed by atoms with Crippen molar-refractivity contribution < 1.29 is 19.1 Å². The van der Waals surface area contributed by atoms with Crippen LogP contribution in [-0.4, -0.2) is 42.0 Å². The number of nitrogens with zero attached hydrogens (tertiary/aromatic N) is 1. The highest BCUT2D eigenvalue weighted by Crippen LogP contribution is 2.26. The Labute approximate surface area is 230 Å². The maximum absolute atomic E-state index is 13.9. The lowest BCUT2D eigenvalue weighted by atomic mass is 10.0. The summed E-state index contributed by atoms with van der Waals surface area (Å²) in [6, 6.07) is 30.2. The Morgan fingerprint density at radius 3 is 2.26 bits per heavy atom. The molecule has 0 aliphatic heterocycles. The molecule has 1 N–H and O–H groups in total. The number of amides is 2. The zero-order chi connectivity index (χ0) is 27.8. The second-order valence-corrected chi connectivity index (χ2v) is 10.6. The van der Waals surface area contributed by atoms with E-state index in [1.807, 2.05) is 118 Å². The number of methoxy groups -OCH3 is 1. The summed E-state index contributed by atoms with van der Waals surface area (Å²) in [6.07, 6.45) is 0.368. The van der Waals surface area contributed by atoms with Crippen LogP contribution in [-0.2, 0) is 22.6 Å². The first kappa shape index (κ1) is 27.7. The Bertz CT molecular complexity index is 1410. The van der Waals surface area contributed by atoms with Crippen LogP contribution in [0.3, 0.4) is 0 Å². The number of carbonyl (C=O) groups excluding carboxylic acids is 2. The molecule has 0 aliphatic carbocycles. The van der Waals surface area contributed by atoms with Crippen molar-refractivity contribution in [1.29, 1.82) is 0 Å². The molecule has 4 aromatic carbocycles. The second-order valence-electron chi connectivity index (χ2n) is 10.6. The summed E-state index contributed by atoms with van der Waals surface area (Å²) in [7, 11) is 1.61. The molecule has 39 heavy (non-hydrogen) atoms. The van der Waals surface area contributed by atoms with Crippen LogP contribution in [0.25, 0.3) is 10.8 Å². The summed E-state index contributed by atoms with van der Waals surface area (Å²) in [5, 5.41) is 5.04. The number of nitrogens with one attached hydrogen (secondary N) is 1. The fraction of sp³-hybridized carbons (Fsp3) is 0.273. The lowest BCUT2D eigenvalue weighted by molar-refractivity contribution is -0.143. The molecule has 0 radical (unpaired) electrons. The van der Waals surface area contributed by atoms with Crippen molar-refractivity contribution in [2.45, 2.75) is 45.3 Å². The summed E-state index contributed by atoms with van der Waals surface area (Å²) in [6.45, 7) is 5.82. The highest BCUT2D eigenvalue weighted by atomic mass is 16.5. The number of rotatable bonds is 10. The third-order valence-electron chi connectivity index (χ3n) is 6.36. The molecule has 0 saturated heterocycles. The van der Waals surface area contributed by atoms with E-state index in [0.717, 1.165) is 21.9 Å². The van der Waals surface area contributed by atoms with E-state index < -0.39 is 11.6 Å². The van der Waals surface area contributed by atoms with Crippen LogP contribution < -0.4 is 14.8 Å². The van der Waals surface area contributed by atoms with Gasteiger partial charge in [0.15, 0.2) is 6.61 Å². The van der Waals surface area contributed by atoms with Crippen molar-refractivity contribution in [1.82, 2.24) is 10.2 Å². The smallest absolute Gasteiger partial charge is 0.261 e. The minimum absolute atomic E-state index is 0.202. The van der Waals surface area contributed by atoms with Gasteiger partial charge in [-0.1, -0.05) is 78.9 Å². The fourth-order valence-electron chi connectivity index (χ4n) is 4.52. The summed E-state index contributed by atoms with van der Waals surface area (Å²) in [5.74, 6) is 0.815. The van der Waals surface area contributed by atoms with Crippen LogP contribution in [0.15, 0.2) is 97.1 Å². The Morgan fingerprint density at radius 1 is 0.846 bits per heavy atom.